The van der Waals surface area contributed by atoms with Gasteiger partial charge < -0.3 is 5.11 Å². The summed E-state index contributed by atoms with van der Waals surface area (Å²) >= 11 is 0.916. The van der Waals surface area contributed by atoms with Crippen molar-refractivity contribution < 1.29 is 18.3 Å². The molecule has 1 aromatic heterocycles. The second-order valence-corrected chi connectivity index (χ2v) is 7.28. The van der Waals surface area contributed by atoms with Gasteiger partial charge in [0.1, 0.15) is 9.77 Å². The van der Waals surface area contributed by atoms with Crippen molar-refractivity contribution in [2.24, 2.45) is 0 Å². The highest BCUT2D eigenvalue weighted by atomic mass is 32.2. The van der Waals surface area contributed by atoms with Gasteiger partial charge in [0.15, 0.2) is 0 Å². The van der Waals surface area contributed by atoms with Crippen molar-refractivity contribution in [3.05, 3.63) is 51.2 Å². The van der Waals surface area contributed by atoms with E-state index in [2.05, 4.69) is 4.72 Å². The standard InChI is InChI=1S/C14H15NO4S2/c1-9-3-5-11(6-4-9)7-15-21(18,19)13-10(2)8-20-12(13)14(16)17/h3-6,8,15H,7H2,1-2H3,(H,16,17). The molecular weight excluding hydrogens is 310 g/mol. The Hall–Kier alpha value is -1.70. The molecular formula is C14H15NO4S2. The van der Waals surface area contributed by atoms with Crippen LogP contribution in [0.15, 0.2) is 34.5 Å². The van der Waals surface area contributed by atoms with Crippen molar-refractivity contribution >= 4 is 27.3 Å². The van der Waals surface area contributed by atoms with Gasteiger partial charge in [-0.15, -0.1) is 11.3 Å². The molecule has 0 unspecified atom stereocenters. The Labute approximate surface area is 127 Å². The Morgan fingerprint density at radius 2 is 1.86 bits per heavy atom. The van der Waals surface area contributed by atoms with Gasteiger partial charge >= 0.3 is 5.97 Å². The van der Waals surface area contributed by atoms with Gasteiger partial charge in [0, 0.05) is 6.54 Å². The number of rotatable bonds is 5. The molecule has 2 aromatic rings. The highest BCUT2D eigenvalue weighted by molar-refractivity contribution is 7.89. The molecule has 112 valence electrons. The molecule has 2 N–H and O–H groups in total. The van der Waals surface area contributed by atoms with Gasteiger partial charge in [0.25, 0.3) is 0 Å². The van der Waals surface area contributed by atoms with E-state index in [4.69, 9.17) is 5.11 Å². The Bertz CT molecular complexity index is 761. The van der Waals surface area contributed by atoms with Crippen molar-refractivity contribution in [2.75, 3.05) is 0 Å². The summed E-state index contributed by atoms with van der Waals surface area (Å²) in [4.78, 5) is 10.8. The SMILES string of the molecule is Cc1ccc(CNS(=O)(=O)c2c(C)csc2C(=O)O)cc1. The molecule has 1 aromatic carbocycles. The van der Waals surface area contributed by atoms with Crippen LogP contribution in [-0.2, 0) is 16.6 Å². The van der Waals surface area contributed by atoms with E-state index in [0.29, 0.717) is 5.56 Å². The van der Waals surface area contributed by atoms with E-state index in [1.165, 1.54) is 5.38 Å². The summed E-state index contributed by atoms with van der Waals surface area (Å²) in [6.07, 6.45) is 0. The smallest absolute Gasteiger partial charge is 0.347 e. The third-order valence-electron chi connectivity index (χ3n) is 2.97. The van der Waals surface area contributed by atoms with Crippen LogP contribution in [0.2, 0.25) is 0 Å². The lowest BCUT2D eigenvalue weighted by Gasteiger charge is -2.08. The van der Waals surface area contributed by atoms with Gasteiger partial charge in [0.2, 0.25) is 10.0 Å². The maximum Gasteiger partial charge on any atom is 0.347 e. The van der Waals surface area contributed by atoms with Gasteiger partial charge in [-0.1, -0.05) is 29.8 Å². The first-order valence-electron chi connectivity index (χ1n) is 6.18. The van der Waals surface area contributed by atoms with E-state index in [9.17, 15) is 13.2 Å². The van der Waals surface area contributed by atoms with Gasteiger partial charge in [-0.25, -0.2) is 17.9 Å². The molecule has 0 bridgehead atoms. The Kier molecular flexibility index (Phi) is 4.46. The van der Waals surface area contributed by atoms with E-state index in [1.54, 1.807) is 6.92 Å². The maximum atomic E-state index is 12.3. The molecule has 5 nitrogen and oxygen atoms in total. The number of sulfonamides is 1. The summed E-state index contributed by atoms with van der Waals surface area (Å²) in [6.45, 7) is 3.65. The summed E-state index contributed by atoms with van der Waals surface area (Å²) in [5, 5.41) is 10.6. The number of hydrogen-bond acceptors (Lipinski definition) is 4. The first-order chi connectivity index (χ1) is 9.81. The van der Waals surface area contributed by atoms with Crippen molar-refractivity contribution in [1.82, 2.24) is 4.72 Å². The summed E-state index contributed by atoms with van der Waals surface area (Å²) < 4.78 is 27.1. The number of carboxylic acids is 1. The lowest BCUT2D eigenvalue weighted by Crippen LogP contribution is -2.25. The zero-order valence-corrected chi connectivity index (χ0v) is 13.2. The molecule has 0 saturated carbocycles. The van der Waals surface area contributed by atoms with Crippen LogP contribution in [0.1, 0.15) is 26.4 Å². The average molecular weight is 325 g/mol. The van der Waals surface area contributed by atoms with Crippen LogP contribution in [-0.4, -0.2) is 19.5 Å². The zero-order valence-electron chi connectivity index (χ0n) is 11.6. The van der Waals surface area contributed by atoms with Crippen LogP contribution in [0.3, 0.4) is 0 Å². The van der Waals surface area contributed by atoms with Crippen LogP contribution in [0.5, 0.6) is 0 Å². The van der Waals surface area contributed by atoms with Crippen LogP contribution in [0, 0.1) is 13.8 Å². The topological polar surface area (TPSA) is 83.5 Å². The van der Waals surface area contributed by atoms with Crippen molar-refractivity contribution in [3.63, 3.8) is 0 Å². The second kappa shape index (κ2) is 5.97. The number of benzene rings is 1. The fourth-order valence-electron chi connectivity index (χ4n) is 1.87. The fraction of sp³-hybridized carbons (Fsp3) is 0.214. The Balaban J connectivity index is 2.25. The number of carboxylic acid groups (broad SMARTS) is 1. The molecule has 21 heavy (non-hydrogen) atoms. The molecule has 0 radical (unpaired) electrons. The molecule has 0 saturated heterocycles. The highest BCUT2D eigenvalue weighted by Gasteiger charge is 2.26. The molecule has 0 atom stereocenters. The molecule has 0 fully saturated rings. The van der Waals surface area contributed by atoms with E-state index in [0.717, 1.165) is 22.5 Å². The summed E-state index contributed by atoms with van der Waals surface area (Å²) in [7, 11) is -3.85. The molecule has 0 aliphatic carbocycles. The number of nitrogens with one attached hydrogen (secondary N) is 1. The van der Waals surface area contributed by atoms with Gasteiger partial charge in [-0.3, -0.25) is 0 Å². The minimum atomic E-state index is -3.85. The van der Waals surface area contributed by atoms with Crippen molar-refractivity contribution in [3.8, 4) is 0 Å². The molecule has 0 aliphatic heterocycles. The third-order valence-corrected chi connectivity index (χ3v) is 5.77. The maximum absolute atomic E-state index is 12.3. The van der Waals surface area contributed by atoms with Gasteiger partial charge in [-0.2, -0.15) is 0 Å². The largest absolute Gasteiger partial charge is 0.477 e. The minimum Gasteiger partial charge on any atom is -0.477 e. The quantitative estimate of drug-likeness (QED) is 0.885. The highest BCUT2D eigenvalue weighted by Crippen LogP contribution is 2.26. The molecule has 7 heteroatoms. The van der Waals surface area contributed by atoms with Crippen molar-refractivity contribution in [1.29, 1.82) is 0 Å². The minimum absolute atomic E-state index is 0.122. The summed E-state index contributed by atoms with van der Waals surface area (Å²) in [5.74, 6) is -1.23. The van der Waals surface area contributed by atoms with E-state index in [1.807, 2.05) is 31.2 Å². The number of aryl methyl sites for hydroxylation is 2. The molecule has 1 heterocycles. The van der Waals surface area contributed by atoms with Crippen LogP contribution >= 0.6 is 11.3 Å². The van der Waals surface area contributed by atoms with Crippen LogP contribution in [0.25, 0.3) is 0 Å². The van der Waals surface area contributed by atoms with Crippen molar-refractivity contribution in [2.45, 2.75) is 25.3 Å². The molecule has 2 rings (SSSR count). The van der Waals surface area contributed by atoms with Gasteiger partial charge in [-0.05, 0) is 30.4 Å². The fourth-order valence-corrected chi connectivity index (χ4v) is 4.52. The van der Waals surface area contributed by atoms with E-state index in [-0.39, 0.29) is 16.3 Å². The number of hydrogen-bond donors (Lipinski definition) is 2. The molecule has 0 spiro atoms. The summed E-state index contributed by atoms with van der Waals surface area (Å²) in [6, 6.07) is 7.44. The van der Waals surface area contributed by atoms with Crippen LogP contribution < -0.4 is 4.72 Å². The number of thiophene rings is 1. The molecule has 0 aliphatic rings. The summed E-state index contributed by atoms with van der Waals surface area (Å²) in [5.41, 5.74) is 2.34. The lowest BCUT2D eigenvalue weighted by molar-refractivity contribution is 0.0698. The molecule has 0 amide bonds. The predicted molar refractivity (Wildman–Crippen MR) is 81.2 cm³/mol. The average Bonchev–Trinajstić information content (AvgIpc) is 2.81. The van der Waals surface area contributed by atoms with Crippen LogP contribution in [0.4, 0.5) is 0 Å². The first-order valence-corrected chi connectivity index (χ1v) is 8.54. The lowest BCUT2D eigenvalue weighted by atomic mass is 10.2. The monoisotopic (exact) mass is 325 g/mol. The predicted octanol–water partition coefficient (Wildman–Crippen LogP) is 2.54. The Morgan fingerprint density at radius 3 is 2.43 bits per heavy atom. The zero-order chi connectivity index (χ0) is 15.6. The number of aromatic carboxylic acids is 1. The first kappa shape index (κ1) is 15.7. The van der Waals surface area contributed by atoms with E-state index < -0.39 is 16.0 Å². The van der Waals surface area contributed by atoms with Gasteiger partial charge in [0.05, 0.1) is 0 Å². The number of carbonyl (C=O) groups is 1. The van der Waals surface area contributed by atoms with E-state index >= 15 is 0 Å². The third kappa shape index (κ3) is 3.49. The Morgan fingerprint density at radius 1 is 1.24 bits per heavy atom. The normalized spacial score (nSPS) is 11.5. The second-order valence-electron chi connectivity index (χ2n) is 4.69.